The van der Waals surface area contributed by atoms with E-state index >= 15 is 0 Å². The molecule has 0 unspecified atom stereocenters. The summed E-state index contributed by atoms with van der Waals surface area (Å²) in [7, 11) is 0. The number of nitrogens with zero attached hydrogens (tertiary/aromatic N) is 1. The van der Waals surface area contributed by atoms with Gasteiger partial charge in [-0.3, -0.25) is 24.1 Å². The van der Waals surface area contributed by atoms with E-state index in [1.54, 1.807) is 18.2 Å². The van der Waals surface area contributed by atoms with Gasteiger partial charge in [0.15, 0.2) is 12.4 Å². The second kappa shape index (κ2) is 8.68. The van der Waals surface area contributed by atoms with E-state index in [0.717, 1.165) is 4.90 Å². The number of rotatable bonds is 7. The Morgan fingerprint density at radius 1 is 0.844 bits per heavy atom. The number of ether oxygens (including phenoxy) is 2. The van der Waals surface area contributed by atoms with Gasteiger partial charge < -0.3 is 13.9 Å². The minimum absolute atomic E-state index is 0.0372. The number of imide groups is 1. The normalized spacial score (nSPS) is 12.4. The third-order valence-corrected chi connectivity index (χ3v) is 4.64. The van der Waals surface area contributed by atoms with Crippen LogP contribution in [0.5, 0.6) is 5.75 Å². The first-order chi connectivity index (χ1) is 15.4. The average Bonchev–Trinajstić information content (AvgIpc) is 3.42. The third-order valence-electron chi connectivity index (χ3n) is 4.64. The van der Waals surface area contributed by atoms with Crippen molar-refractivity contribution in [3.63, 3.8) is 0 Å². The SMILES string of the molecule is O=C(CN1C(=O)c2ccccc2C1=O)OCC(=O)c1ccc(OC(=O)c2ccco2)cc1. The topological polar surface area (TPSA) is 120 Å². The van der Waals surface area contributed by atoms with E-state index in [-0.39, 0.29) is 28.2 Å². The highest BCUT2D eigenvalue weighted by Gasteiger charge is 2.36. The Labute approximate surface area is 181 Å². The summed E-state index contributed by atoms with van der Waals surface area (Å²) >= 11 is 0. The molecular formula is C23H15NO8. The fourth-order valence-electron chi connectivity index (χ4n) is 3.05. The van der Waals surface area contributed by atoms with Gasteiger partial charge in [-0.25, -0.2) is 4.79 Å². The zero-order valence-corrected chi connectivity index (χ0v) is 16.5. The molecule has 0 bridgehead atoms. The Kier molecular flexibility index (Phi) is 5.63. The van der Waals surface area contributed by atoms with Gasteiger partial charge in [0.1, 0.15) is 12.3 Å². The summed E-state index contributed by atoms with van der Waals surface area (Å²) in [6.45, 7) is -1.17. The van der Waals surface area contributed by atoms with Gasteiger partial charge in [0, 0.05) is 5.56 Å². The molecule has 0 atom stereocenters. The second-order valence-electron chi connectivity index (χ2n) is 6.72. The van der Waals surface area contributed by atoms with Crippen LogP contribution in [0.25, 0.3) is 0 Å². The maximum atomic E-state index is 12.3. The number of hydrogen-bond acceptors (Lipinski definition) is 8. The third kappa shape index (κ3) is 4.17. The van der Waals surface area contributed by atoms with Gasteiger partial charge in [-0.1, -0.05) is 12.1 Å². The first-order valence-electron chi connectivity index (χ1n) is 9.44. The molecule has 0 radical (unpaired) electrons. The summed E-state index contributed by atoms with van der Waals surface area (Å²) < 4.78 is 15.0. The van der Waals surface area contributed by atoms with E-state index in [1.165, 1.54) is 48.7 Å². The Morgan fingerprint density at radius 3 is 2.09 bits per heavy atom. The van der Waals surface area contributed by atoms with Crippen molar-refractivity contribution >= 4 is 29.5 Å². The molecule has 2 aromatic carbocycles. The van der Waals surface area contributed by atoms with Gasteiger partial charge in [-0.2, -0.15) is 0 Å². The zero-order valence-electron chi connectivity index (χ0n) is 16.5. The molecule has 1 aliphatic rings. The predicted octanol–water partition coefficient (Wildman–Crippen LogP) is 2.52. The Morgan fingerprint density at radius 2 is 1.50 bits per heavy atom. The predicted molar refractivity (Wildman–Crippen MR) is 107 cm³/mol. The van der Waals surface area contributed by atoms with E-state index in [1.807, 2.05) is 0 Å². The highest BCUT2D eigenvalue weighted by Crippen LogP contribution is 2.22. The molecule has 9 heteroatoms. The van der Waals surface area contributed by atoms with Crippen LogP contribution in [-0.4, -0.2) is 47.6 Å². The number of fused-ring (bicyclic) bond motifs is 1. The van der Waals surface area contributed by atoms with Crippen molar-refractivity contribution in [3.8, 4) is 5.75 Å². The van der Waals surface area contributed by atoms with Crippen LogP contribution in [0, 0.1) is 0 Å². The van der Waals surface area contributed by atoms with E-state index in [4.69, 9.17) is 13.9 Å². The zero-order chi connectivity index (χ0) is 22.7. The van der Waals surface area contributed by atoms with Crippen molar-refractivity contribution in [3.05, 3.63) is 89.4 Å². The van der Waals surface area contributed by atoms with Crippen LogP contribution >= 0.6 is 0 Å². The fourth-order valence-corrected chi connectivity index (χ4v) is 3.05. The van der Waals surface area contributed by atoms with Gasteiger partial charge in [0.2, 0.25) is 5.76 Å². The standard InChI is InChI=1S/C23H15NO8/c25-18(14-7-9-15(10-8-14)32-23(29)19-6-3-11-30-19)13-31-20(26)12-24-21(27)16-4-1-2-5-17(16)22(24)28/h1-11H,12-13H2. The van der Waals surface area contributed by atoms with Crippen molar-refractivity contribution in [2.45, 2.75) is 0 Å². The summed E-state index contributed by atoms with van der Waals surface area (Å²) in [6.07, 6.45) is 1.34. The molecule has 9 nitrogen and oxygen atoms in total. The van der Waals surface area contributed by atoms with E-state index < -0.39 is 42.7 Å². The Hall–Kier alpha value is -4.53. The van der Waals surface area contributed by atoms with Crippen LogP contribution in [0.1, 0.15) is 41.6 Å². The molecule has 0 fully saturated rings. The van der Waals surface area contributed by atoms with Crippen LogP contribution in [0.3, 0.4) is 0 Å². The monoisotopic (exact) mass is 433 g/mol. The molecule has 1 aromatic heterocycles. The van der Waals surface area contributed by atoms with Crippen molar-refractivity contribution in [2.75, 3.05) is 13.2 Å². The minimum atomic E-state index is -0.892. The summed E-state index contributed by atoms with van der Waals surface area (Å²) in [5.41, 5.74) is 0.653. The fraction of sp³-hybridized carbons (Fsp3) is 0.0870. The van der Waals surface area contributed by atoms with Crippen LogP contribution in [-0.2, 0) is 9.53 Å². The second-order valence-corrected chi connectivity index (χ2v) is 6.72. The summed E-state index contributed by atoms with van der Waals surface area (Å²) in [5.74, 6) is -3.03. The van der Waals surface area contributed by atoms with E-state index in [9.17, 15) is 24.0 Å². The number of hydrogen-bond donors (Lipinski definition) is 0. The number of Topliss-reactive ketones (excluding diaryl/α,β-unsaturated/α-hetero) is 1. The summed E-state index contributed by atoms with van der Waals surface area (Å²) in [5, 5.41) is 0. The molecule has 4 rings (SSSR count). The number of benzene rings is 2. The average molecular weight is 433 g/mol. The number of carbonyl (C=O) groups excluding carboxylic acids is 5. The van der Waals surface area contributed by atoms with Gasteiger partial charge in [0.05, 0.1) is 17.4 Å². The molecule has 1 aliphatic heterocycles. The largest absolute Gasteiger partial charge is 0.457 e. The van der Waals surface area contributed by atoms with Gasteiger partial charge in [-0.05, 0) is 48.5 Å². The van der Waals surface area contributed by atoms with Crippen molar-refractivity contribution in [1.29, 1.82) is 0 Å². The lowest BCUT2D eigenvalue weighted by Crippen LogP contribution is -2.36. The Balaban J connectivity index is 1.29. The van der Waals surface area contributed by atoms with Crippen molar-refractivity contribution < 1.29 is 37.9 Å². The molecule has 0 spiro atoms. The van der Waals surface area contributed by atoms with Gasteiger partial charge in [-0.15, -0.1) is 0 Å². The number of esters is 2. The lowest BCUT2D eigenvalue weighted by atomic mass is 10.1. The lowest BCUT2D eigenvalue weighted by Gasteiger charge is -2.12. The number of amides is 2. The molecule has 160 valence electrons. The maximum absolute atomic E-state index is 12.3. The van der Waals surface area contributed by atoms with Crippen LogP contribution in [0.4, 0.5) is 0 Å². The van der Waals surface area contributed by atoms with Crippen LogP contribution in [0.15, 0.2) is 71.3 Å². The molecule has 2 heterocycles. The lowest BCUT2D eigenvalue weighted by molar-refractivity contribution is -0.142. The first kappa shape index (κ1) is 20.7. The summed E-state index contributed by atoms with van der Waals surface area (Å²) in [6, 6.07) is 14.9. The molecule has 0 N–H and O–H groups in total. The molecule has 3 aromatic rings. The maximum Gasteiger partial charge on any atom is 0.379 e. The first-order valence-corrected chi connectivity index (χ1v) is 9.44. The van der Waals surface area contributed by atoms with Crippen molar-refractivity contribution in [1.82, 2.24) is 4.90 Å². The molecule has 2 amide bonds. The number of furan rings is 1. The molecule has 0 aliphatic carbocycles. The van der Waals surface area contributed by atoms with Crippen LogP contribution < -0.4 is 4.74 Å². The highest BCUT2D eigenvalue weighted by molar-refractivity contribution is 6.22. The van der Waals surface area contributed by atoms with E-state index in [0.29, 0.717) is 0 Å². The quantitative estimate of drug-likeness (QED) is 0.241. The minimum Gasteiger partial charge on any atom is -0.457 e. The number of carbonyl (C=O) groups is 5. The van der Waals surface area contributed by atoms with Crippen molar-refractivity contribution in [2.24, 2.45) is 0 Å². The van der Waals surface area contributed by atoms with Crippen LogP contribution in [0.2, 0.25) is 0 Å². The van der Waals surface area contributed by atoms with Gasteiger partial charge in [0.25, 0.3) is 11.8 Å². The number of ketones is 1. The smallest absolute Gasteiger partial charge is 0.379 e. The molecular weight excluding hydrogens is 418 g/mol. The molecule has 0 saturated carbocycles. The Bertz CT molecular complexity index is 1180. The van der Waals surface area contributed by atoms with Gasteiger partial charge >= 0.3 is 11.9 Å². The summed E-state index contributed by atoms with van der Waals surface area (Å²) in [4.78, 5) is 61.5. The molecule has 32 heavy (non-hydrogen) atoms. The highest BCUT2D eigenvalue weighted by atomic mass is 16.5. The molecule has 0 saturated heterocycles. The van der Waals surface area contributed by atoms with E-state index in [2.05, 4.69) is 0 Å².